The van der Waals surface area contributed by atoms with Gasteiger partial charge >= 0.3 is 0 Å². The molecule has 1 aliphatic heterocycles. The minimum Gasteiger partial charge on any atom is -0.308 e. The van der Waals surface area contributed by atoms with Gasteiger partial charge < -0.3 is 9.99 Å². The van der Waals surface area contributed by atoms with E-state index >= 15 is 0 Å². The van der Waals surface area contributed by atoms with Gasteiger partial charge in [-0.2, -0.15) is 0 Å². The fourth-order valence-electron chi connectivity index (χ4n) is 2.55. The smallest absolute Gasteiger partial charge is 0.197 e. The van der Waals surface area contributed by atoms with Crippen LogP contribution in [0.2, 0.25) is 0 Å². The number of rotatable bonds is 4. The third kappa shape index (κ3) is 2.86. The van der Waals surface area contributed by atoms with E-state index in [1.54, 1.807) is 11.8 Å². The normalized spacial score (nSPS) is 14.6. The maximum absolute atomic E-state index is 5.52. The van der Waals surface area contributed by atoms with Crippen LogP contribution >= 0.6 is 11.8 Å². The third-order valence-electron chi connectivity index (χ3n) is 3.66. The molecule has 2 aromatic heterocycles. The van der Waals surface area contributed by atoms with Gasteiger partial charge in [-0.3, -0.25) is 0 Å². The summed E-state index contributed by atoms with van der Waals surface area (Å²) < 4.78 is 2.22. The number of hydrazine groups is 1. The zero-order valence-electron chi connectivity index (χ0n) is 12.0. The quantitative estimate of drug-likeness (QED) is 0.505. The molecule has 0 atom stereocenters. The molecule has 3 N–H and O–H groups in total. The predicted molar refractivity (Wildman–Crippen MR) is 80.9 cm³/mol. The topological polar surface area (TPSA) is 94.5 Å². The summed E-state index contributed by atoms with van der Waals surface area (Å²) in [4.78, 5) is 8.54. The van der Waals surface area contributed by atoms with Crippen LogP contribution in [-0.4, -0.2) is 24.7 Å². The van der Waals surface area contributed by atoms with Crippen molar-refractivity contribution in [1.29, 1.82) is 0 Å². The lowest BCUT2D eigenvalue weighted by Crippen LogP contribution is -2.12. The molecule has 0 unspecified atom stereocenters. The Bertz CT molecular complexity index is 625. The summed E-state index contributed by atoms with van der Waals surface area (Å²) >= 11 is 1.54. The Balaban J connectivity index is 1.92. The summed E-state index contributed by atoms with van der Waals surface area (Å²) in [6.07, 6.45) is 6.96. The van der Waals surface area contributed by atoms with Gasteiger partial charge in [0.2, 0.25) is 0 Å². The molecule has 7 nitrogen and oxygen atoms in total. The van der Waals surface area contributed by atoms with Crippen molar-refractivity contribution in [3.63, 3.8) is 0 Å². The first-order valence-electron chi connectivity index (χ1n) is 7.24. The van der Waals surface area contributed by atoms with Crippen molar-refractivity contribution in [2.24, 2.45) is 5.84 Å². The Morgan fingerprint density at radius 1 is 1.29 bits per heavy atom. The zero-order valence-corrected chi connectivity index (χ0v) is 12.9. The number of fused-ring (bicyclic) bond motifs is 1. The van der Waals surface area contributed by atoms with Gasteiger partial charge in [0.25, 0.3) is 0 Å². The van der Waals surface area contributed by atoms with Crippen molar-refractivity contribution in [1.82, 2.24) is 24.7 Å². The van der Waals surface area contributed by atoms with Gasteiger partial charge in [0.05, 0.1) is 0 Å². The van der Waals surface area contributed by atoms with Crippen LogP contribution in [-0.2, 0) is 19.4 Å². The molecular formula is C13H19N7S. The molecule has 0 amide bonds. The highest BCUT2D eigenvalue weighted by atomic mass is 32.2. The summed E-state index contributed by atoms with van der Waals surface area (Å²) in [5, 5.41) is 10.4. The van der Waals surface area contributed by atoms with E-state index in [0.29, 0.717) is 5.82 Å². The van der Waals surface area contributed by atoms with Crippen LogP contribution in [0.4, 0.5) is 5.82 Å². The summed E-state index contributed by atoms with van der Waals surface area (Å²) in [6, 6.07) is 0. The molecule has 0 aliphatic carbocycles. The van der Waals surface area contributed by atoms with E-state index in [9.17, 15) is 0 Å². The second kappa shape index (κ2) is 6.40. The molecule has 0 saturated heterocycles. The Kier molecular flexibility index (Phi) is 4.35. The summed E-state index contributed by atoms with van der Waals surface area (Å²) in [5.74, 6) is 7.27. The van der Waals surface area contributed by atoms with Crippen LogP contribution in [0.25, 0.3) is 0 Å². The highest BCUT2D eigenvalue weighted by Gasteiger charge is 2.18. The van der Waals surface area contributed by atoms with Gasteiger partial charge in [-0.05, 0) is 31.0 Å². The second-order valence-electron chi connectivity index (χ2n) is 4.97. The summed E-state index contributed by atoms with van der Waals surface area (Å²) in [6.45, 7) is 3.05. The van der Waals surface area contributed by atoms with E-state index in [1.165, 1.54) is 25.6 Å². The van der Waals surface area contributed by atoms with E-state index < -0.39 is 0 Å². The number of nitrogens with zero attached hydrogens (tertiary/aromatic N) is 5. The number of aromatic nitrogens is 5. The van der Waals surface area contributed by atoms with Crippen LogP contribution in [0, 0.1) is 0 Å². The summed E-state index contributed by atoms with van der Waals surface area (Å²) in [7, 11) is 0. The van der Waals surface area contributed by atoms with E-state index in [4.69, 9.17) is 5.84 Å². The van der Waals surface area contributed by atoms with E-state index in [2.05, 4.69) is 37.1 Å². The maximum Gasteiger partial charge on any atom is 0.197 e. The number of aryl methyl sites for hydroxylation is 1. The van der Waals surface area contributed by atoms with Gasteiger partial charge in [-0.1, -0.05) is 13.3 Å². The van der Waals surface area contributed by atoms with Crippen LogP contribution in [0.3, 0.4) is 0 Å². The molecule has 0 bridgehead atoms. The SMILES string of the molecule is CCc1c(NN)ncnc1Sc1nnc2n1CCCCC2. The molecule has 0 radical (unpaired) electrons. The van der Waals surface area contributed by atoms with E-state index in [-0.39, 0.29) is 0 Å². The first kappa shape index (κ1) is 14.3. The van der Waals surface area contributed by atoms with Gasteiger partial charge in [0, 0.05) is 18.5 Å². The number of hydrogen-bond acceptors (Lipinski definition) is 7. The van der Waals surface area contributed by atoms with Gasteiger partial charge in [0.1, 0.15) is 23.0 Å². The minimum atomic E-state index is 0.672. The molecule has 0 fully saturated rings. The van der Waals surface area contributed by atoms with Crippen molar-refractivity contribution in [2.75, 3.05) is 5.43 Å². The lowest BCUT2D eigenvalue weighted by Gasteiger charge is -2.11. The third-order valence-corrected chi connectivity index (χ3v) is 4.69. The molecule has 21 heavy (non-hydrogen) atoms. The van der Waals surface area contributed by atoms with E-state index in [1.807, 2.05) is 0 Å². The molecule has 112 valence electrons. The fourth-order valence-corrected chi connectivity index (χ4v) is 3.57. The highest BCUT2D eigenvalue weighted by Crippen LogP contribution is 2.31. The Hall–Kier alpha value is -1.67. The number of hydrogen-bond donors (Lipinski definition) is 2. The highest BCUT2D eigenvalue weighted by molar-refractivity contribution is 7.99. The monoisotopic (exact) mass is 305 g/mol. The standard InChI is InChI=1S/C13H19N7S/c1-2-9-11(17-14)15-8-16-12(9)21-13-19-18-10-6-4-3-5-7-20(10)13/h8H,2-7,14H2,1H3,(H,15,16,17). The van der Waals surface area contributed by atoms with Crippen molar-refractivity contribution < 1.29 is 0 Å². The van der Waals surface area contributed by atoms with Gasteiger partial charge in [0.15, 0.2) is 5.16 Å². The van der Waals surface area contributed by atoms with Crippen molar-refractivity contribution in [3.05, 3.63) is 17.7 Å². The Labute approximate surface area is 127 Å². The lowest BCUT2D eigenvalue weighted by atomic mass is 10.2. The van der Waals surface area contributed by atoms with Crippen LogP contribution < -0.4 is 11.3 Å². The number of nitrogens with one attached hydrogen (secondary N) is 1. The molecule has 8 heteroatoms. The molecule has 2 aromatic rings. The van der Waals surface area contributed by atoms with Crippen LogP contribution in [0.5, 0.6) is 0 Å². The van der Waals surface area contributed by atoms with Crippen LogP contribution in [0.15, 0.2) is 16.5 Å². The van der Waals surface area contributed by atoms with Crippen molar-refractivity contribution in [2.45, 2.75) is 55.8 Å². The largest absolute Gasteiger partial charge is 0.308 e. The lowest BCUT2D eigenvalue weighted by molar-refractivity contribution is 0.590. The number of nitrogens with two attached hydrogens (primary N) is 1. The number of nitrogen functional groups attached to an aromatic ring is 1. The maximum atomic E-state index is 5.52. The molecule has 3 rings (SSSR count). The zero-order chi connectivity index (χ0) is 14.7. The molecular weight excluding hydrogens is 286 g/mol. The Morgan fingerprint density at radius 2 is 2.19 bits per heavy atom. The number of anilines is 1. The second-order valence-corrected chi connectivity index (χ2v) is 5.92. The predicted octanol–water partition coefficient (Wildman–Crippen LogP) is 1.79. The minimum absolute atomic E-state index is 0.672. The van der Waals surface area contributed by atoms with Crippen molar-refractivity contribution >= 4 is 17.6 Å². The molecule has 3 heterocycles. The molecule has 0 saturated carbocycles. The molecule has 0 aromatic carbocycles. The average Bonchev–Trinajstić information content (AvgIpc) is 2.74. The van der Waals surface area contributed by atoms with Gasteiger partial charge in [-0.15, -0.1) is 10.2 Å². The molecule has 0 spiro atoms. The van der Waals surface area contributed by atoms with E-state index in [0.717, 1.165) is 41.0 Å². The summed E-state index contributed by atoms with van der Waals surface area (Å²) in [5.41, 5.74) is 3.64. The van der Waals surface area contributed by atoms with Crippen LogP contribution in [0.1, 0.15) is 37.6 Å². The fraction of sp³-hybridized carbons (Fsp3) is 0.538. The first-order chi connectivity index (χ1) is 10.3. The van der Waals surface area contributed by atoms with Crippen molar-refractivity contribution in [3.8, 4) is 0 Å². The Morgan fingerprint density at radius 3 is 3.00 bits per heavy atom. The first-order valence-corrected chi connectivity index (χ1v) is 8.05. The average molecular weight is 305 g/mol. The van der Waals surface area contributed by atoms with Gasteiger partial charge in [-0.25, -0.2) is 15.8 Å². The molecule has 1 aliphatic rings.